The van der Waals surface area contributed by atoms with Crippen LogP contribution in [-0.2, 0) is 0 Å². The maximum atomic E-state index is 11.0. The zero-order valence-corrected chi connectivity index (χ0v) is 14.7. The average molecular weight is 333 g/mol. The Morgan fingerprint density at radius 1 is 0.880 bits per heavy atom. The number of nitrogens with zero attached hydrogens (tertiary/aromatic N) is 1. The highest BCUT2D eigenvalue weighted by molar-refractivity contribution is 5.53. The standard InChI is InChI=1S/C22H23NO2/c1-22(2)20(15-7-4-3-5-8-15)18-9-6-10-19(18)21(22)16-11-13-17(14-12-16)23(24)25/h3-5,7-8,11-14,18-19H,6,9-10H2,1-2H3. The summed E-state index contributed by atoms with van der Waals surface area (Å²) in [5, 5.41) is 11.0. The van der Waals surface area contributed by atoms with E-state index in [1.165, 1.54) is 36.3 Å². The van der Waals surface area contributed by atoms with Crippen LogP contribution < -0.4 is 0 Å². The molecule has 2 aliphatic carbocycles. The normalized spacial score (nSPS) is 25.8. The van der Waals surface area contributed by atoms with E-state index in [4.69, 9.17) is 0 Å². The largest absolute Gasteiger partial charge is 0.269 e. The first-order chi connectivity index (χ1) is 12.0. The highest BCUT2D eigenvalue weighted by Crippen LogP contribution is 2.65. The fourth-order valence-corrected chi connectivity index (χ4v) is 5.25. The van der Waals surface area contributed by atoms with Gasteiger partial charge in [-0.3, -0.25) is 10.1 Å². The van der Waals surface area contributed by atoms with Gasteiger partial charge in [0.15, 0.2) is 0 Å². The van der Waals surface area contributed by atoms with E-state index in [2.05, 4.69) is 44.2 Å². The second-order valence-electron chi connectivity index (χ2n) is 7.77. The molecule has 0 bridgehead atoms. The molecular weight excluding hydrogens is 310 g/mol. The lowest BCUT2D eigenvalue weighted by atomic mass is 9.68. The van der Waals surface area contributed by atoms with Crippen molar-refractivity contribution in [2.75, 3.05) is 0 Å². The molecule has 0 aliphatic heterocycles. The van der Waals surface area contributed by atoms with E-state index in [1.807, 2.05) is 12.1 Å². The molecule has 0 heterocycles. The third-order valence-electron chi connectivity index (χ3n) is 6.08. The summed E-state index contributed by atoms with van der Waals surface area (Å²) in [6.07, 6.45) is 3.73. The number of hydrogen-bond donors (Lipinski definition) is 0. The number of hydrogen-bond acceptors (Lipinski definition) is 2. The van der Waals surface area contributed by atoms with Crippen molar-refractivity contribution in [3.05, 3.63) is 87.7 Å². The summed E-state index contributed by atoms with van der Waals surface area (Å²) in [6.45, 7) is 4.65. The van der Waals surface area contributed by atoms with Crippen molar-refractivity contribution < 1.29 is 4.92 Å². The van der Waals surface area contributed by atoms with Crippen LogP contribution in [0.4, 0.5) is 5.69 Å². The van der Waals surface area contributed by atoms with Gasteiger partial charge in [-0.1, -0.05) is 62.7 Å². The molecule has 0 N–H and O–H groups in total. The highest BCUT2D eigenvalue weighted by Gasteiger charge is 2.57. The summed E-state index contributed by atoms with van der Waals surface area (Å²) in [6, 6.07) is 17.9. The van der Waals surface area contributed by atoms with Crippen molar-refractivity contribution in [2.24, 2.45) is 17.3 Å². The quantitative estimate of drug-likeness (QED) is 0.542. The van der Waals surface area contributed by atoms with Crippen LogP contribution in [0.25, 0.3) is 0 Å². The SMILES string of the molecule is CC1(C)[C](c2ccccc2)C2CCCC2[C]1c1ccc([N+](=O)[O-])cc1. The van der Waals surface area contributed by atoms with Crippen LogP contribution >= 0.6 is 0 Å². The number of non-ortho nitro benzene ring substituents is 1. The minimum Gasteiger partial charge on any atom is -0.258 e. The van der Waals surface area contributed by atoms with Gasteiger partial charge in [-0.2, -0.15) is 0 Å². The smallest absolute Gasteiger partial charge is 0.258 e. The number of nitro benzene ring substituents is 1. The predicted octanol–water partition coefficient (Wildman–Crippen LogP) is 5.60. The van der Waals surface area contributed by atoms with Crippen LogP contribution in [0.15, 0.2) is 54.6 Å². The van der Waals surface area contributed by atoms with Gasteiger partial charge < -0.3 is 0 Å². The molecule has 2 aromatic carbocycles. The maximum Gasteiger partial charge on any atom is 0.269 e. The van der Waals surface area contributed by atoms with Gasteiger partial charge in [0, 0.05) is 24.0 Å². The van der Waals surface area contributed by atoms with Crippen LogP contribution in [0.1, 0.15) is 44.2 Å². The number of benzene rings is 2. The fraction of sp³-hybridized carbons (Fsp3) is 0.364. The van der Waals surface area contributed by atoms with Crippen molar-refractivity contribution in [1.82, 2.24) is 0 Å². The van der Waals surface area contributed by atoms with Gasteiger partial charge in [-0.05, 0) is 41.2 Å². The molecule has 2 saturated carbocycles. The van der Waals surface area contributed by atoms with Gasteiger partial charge in [0.05, 0.1) is 4.92 Å². The molecule has 2 atom stereocenters. The first-order valence-electron chi connectivity index (χ1n) is 9.05. The van der Waals surface area contributed by atoms with E-state index < -0.39 is 0 Å². The molecule has 2 radical (unpaired) electrons. The molecule has 4 rings (SSSR count). The summed E-state index contributed by atoms with van der Waals surface area (Å²) in [5.74, 6) is 4.17. The third kappa shape index (κ3) is 2.57. The van der Waals surface area contributed by atoms with Gasteiger partial charge in [-0.15, -0.1) is 0 Å². The third-order valence-corrected chi connectivity index (χ3v) is 6.08. The summed E-state index contributed by atoms with van der Waals surface area (Å²) in [4.78, 5) is 10.6. The van der Waals surface area contributed by atoms with Crippen molar-refractivity contribution in [1.29, 1.82) is 0 Å². The van der Waals surface area contributed by atoms with Gasteiger partial charge in [-0.25, -0.2) is 0 Å². The molecule has 3 heteroatoms. The van der Waals surface area contributed by atoms with Crippen LogP contribution in [0, 0.1) is 39.2 Å². The Balaban J connectivity index is 1.76. The van der Waals surface area contributed by atoms with Crippen LogP contribution in [0.5, 0.6) is 0 Å². The molecule has 0 spiro atoms. The second kappa shape index (κ2) is 5.98. The summed E-state index contributed by atoms with van der Waals surface area (Å²) in [7, 11) is 0. The summed E-state index contributed by atoms with van der Waals surface area (Å²) < 4.78 is 0. The van der Waals surface area contributed by atoms with E-state index in [-0.39, 0.29) is 16.0 Å². The van der Waals surface area contributed by atoms with Crippen LogP contribution in [-0.4, -0.2) is 4.92 Å². The molecule has 2 aromatic rings. The molecule has 2 aliphatic rings. The van der Waals surface area contributed by atoms with Crippen LogP contribution in [0.3, 0.4) is 0 Å². The summed E-state index contributed by atoms with van der Waals surface area (Å²) in [5.41, 5.74) is 2.66. The molecule has 0 aromatic heterocycles. The van der Waals surface area contributed by atoms with Gasteiger partial charge in [0.25, 0.3) is 5.69 Å². The second-order valence-corrected chi connectivity index (χ2v) is 7.77. The lowest BCUT2D eigenvalue weighted by Gasteiger charge is -2.35. The van der Waals surface area contributed by atoms with Gasteiger partial charge in [0.2, 0.25) is 0 Å². The topological polar surface area (TPSA) is 43.1 Å². The Kier molecular flexibility index (Phi) is 3.90. The minimum absolute atomic E-state index is 0.0206. The Labute approximate surface area is 149 Å². The first-order valence-corrected chi connectivity index (χ1v) is 9.05. The zero-order valence-electron chi connectivity index (χ0n) is 14.7. The van der Waals surface area contributed by atoms with E-state index in [1.54, 1.807) is 18.1 Å². The van der Waals surface area contributed by atoms with E-state index in [0.29, 0.717) is 11.8 Å². The monoisotopic (exact) mass is 333 g/mol. The lowest BCUT2D eigenvalue weighted by molar-refractivity contribution is -0.384. The fourth-order valence-electron chi connectivity index (χ4n) is 5.25. The van der Waals surface area contributed by atoms with Gasteiger partial charge in [0.1, 0.15) is 0 Å². The highest BCUT2D eigenvalue weighted by atomic mass is 16.6. The van der Waals surface area contributed by atoms with Crippen molar-refractivity contribution >= 4 is 5.69 Å². The summed E-state index contributed by atoms with van der Waals surface area (Å²) >= 11 is 0. The van der Waals surface area contributed by atoms with Crippen molar-refractivity contribution in [3.63, 3.8) is 0 Å². The van der Waals surface area contributed by atoms with Crippen molar-refractivity contribution in [2.45, 2.75) is 33.1 Å². The molecule has 3 nitrogen and oxygen atoms in total. The first kappa shape index (κ1) is 16.3. The molecule has 25 heavy (non-hydrogen) atoms. The Hall–Kier alpha value is -2.16. The Morgan fingerprint density at radius 2 is 1.40 bits per heavy atom. The van der Waals surface area contributed by atoms with Gasteiger partial charge >= 0.3 is 0 Å². The van der Waals surface area contributed by atoms with E-state index >= 15 is 0 Å². The number of fused-ring (bicyclic) bond motifs is 1. The average Bonchev–Trinajstić information content (AvgIpc) is 3.12. The molecule has 2 fully saturated rings. The number of rotatable bonds is 3. The molecule has 128 valence electrons. The Bertz CT molecular complexity index is 766. The van der Waals surface area contributed by atoms with E-state index in [0.717, 1.165) is 0 Å². The Morgan fingerprint density at radius 3 is 1.92 bits per heavy atom. The zero-order chi connectivity index (χ0) is 17.6. The molecule has 2 unspecified atom stereocenters. The predicted molar refractivity (Wildman–Crippen MR) is 98.8 cm³/mol. The maximum absolute atomic E-state index is 11.0. The molecular formula is C22H23NO2. The minimum atomic E-state index is -0.325. The lowest BCUT2D eigenvalue weighted by Crippen LogP contribution is -2.26. The van der Waals surface area contributed by atoms with Crippen LogP contribution in [0.2, 0.25) is 0 Å². The molecule has 0 amide bonds. The number of nitro groups is 1. The van der Waals surface area contributed by atoms with E-state index in [9.17, 15) is 10.1 Å². The molecule has 0 saturated heterocycles. The van der Waals surface area contributed by atoms with Crippen molar-refractivity contribution in [3.8, 4) is 0 Å².